The number of amides is 2. The van der Waals surface area contributed by atoms with Crippen LogP contribution in [0.5, 0.6) is 5.75 Å². The first-order chi connectivity index (χ1) is 11.0. The molecule has 2 rings (SSSR count). The molecule has 2 aromatic carbocycles. The number of hydrogen-bond acceptors (Lipinski definition) is 3. The van der Waals surface area contributed by atoms with Crippen LogP contribution in [0.3, 0.4) is 0 Å². The maximum absolute atomic E-state index is 13.3. The molecule has 0 atom stereocenters. The lowest BCUT2D eigenvalue weighted by Gasteiger charge is -2.10. The summed E-state index contributed by atoms with van der Waals surface area (Å²) in [6, 6.07) is 10.8. The molecule has 0 saturated heterocycles. The van der Waals surface area contributed by atoms with E-state index in [2.05, 4.69) is 10.6 Å². The van der Waals surface area contributed by atoms with Crippen molar-refractivity contribution >= 4 is 17.5 Å². The Morgan fingerprint density at radius 1 is 1.13 bits per heavy atom. The maximum atomic E-state index is 13.3. The fraction of sp³-hybridized carbons (Fsp3) is 0.176. The van der Waals surface area contributed by atoms with Gasteiger partial charge in [-0.2, -0.15) is 0 Å². The van der Waals surface area contributed by atoms with Crippen molar-refractivity contribution in [1.29, 1.82) is 0 Å². The van der Waals surface area contributed by atoms with E-state index in [9.17, 15) is 14.0 Å². The number of methoxy groups -OCH3 is 1. The summed E-state index contributed by atoms with van der Waals surface area (Å²) in [5, 5.41) is 5.36. The summed E-state index contributed by atoms with van der Waals surface area (Å²) in [5.41, 5.74) is 1.67. The number of hydrogen-bond donors (Lipinski definition) is 2. The van der Waals surface area contributed by atoms with Crippen molar-refractivity contribution in [2.45, 2.75) is 13.5 Å². The van der Waals surface area contributed by atoms with E-state index in [1.54, 1.807) is 24.3 Å². The highest BCUT2D eigenvalue weighted by atomic mass is 19.1. The molecule has 0 spiro atoms. The highest BCUT2D eigenvalue weighted by molar-refractivity contribution is 5.96. The van der Waals surface area contributed by atoms with Crippen LogP contribution in [0.2, 0.25) is 0 Å². The SMILES string of the molecule is COc1ccc(F)cc1C(=O)NCc1ccc(NC(C)=O)cc1. The summed E-state index contributed by atoms with van der Waals surface area (Å²) in [6.07, 6.45) is 0. The highest BCUT2D eigenvalue weighted by Gasteiger charge is 2.13. The van der Waals surface area contributed by atoms with Gasteiger partial charge in [-0.25, -0.2) is 4.39 Å². The number of benzene rings is 2. The molecule has 2 amide bonds. The van der Waals surface area contributed by atoms with Crippen molar-refractivity contribution in [3.63, 3.8) is 0 Å². The van der Waals surface area contributed by atoms with Gasteiger partial charge in [0.05, 0.1) is 12.7 Å². The van der Waals surface area contributed by atoms with Gasteiger partial charge >= 0.3 is 0 Å². The molecule has 0 bridgehead atoms. The zero-order valence-corrected chi connectivity index (χ0v) is 12.9. The number of anilines is 1. The smallest absolute Gasteiger partial charge is 0.255 e. The largest absolute Gasteiger partial charge is 0.496 e. The molecule has 0 fully saturated rings. The first-order valence-electron chi connectivity index (χ1n) is 6.98. The molecule has 0 aliphatic heterocycles. The fourth-order valence-corrected chi connectivity index (χ4v) is 2.04. The van der Waals surface area contributed by atoms with Gasteiger partial charge in [-0.3, -0.25) is 9.59 Å². The molecule has 0 radical (unpaired) electrons. The van der Waals surface area contributed by atoms with Gasteiger partial charge in [0.15, 0.2) is 0 Å². The van der Waals surface area contributed by atoms with Gasteiger partial charge in [0, 0.05) is 19.2 Å². The van der Waals surface area contributed by atoms with Crippen molar-refractivity contribution in [3.05, 3.63) is 59.4 Å². The van der Waals surface area contributed by atoms with E-state index in [1.165, 1.54) is 26.2 Å². The Morgan fingerprint density at radius 2 is 1.83 bits per heavy atom. The normalized spacial score (nSPS) is 10.0. The predicted octanol–water partition coefficient (Wildman–Crippen LogP) is 2.72. The maximum Gasteiger partial charge on any atom is 0.255 e. The molecular formula is C17H17FN2O3. The van der Waals surface area contributed by atoms with Crippen LogP contribution in [0.4, 0.5) is 10.1 Å². The van der Waals surface area contributed by atoms with Crippen LogP contribution in [0.15, 0.2) is 42.5 Å². The molecule has 5 nitrogen and oxygen atoms in total. The Balaban J connectivity index is 2.02. The van der Waals surface area contributed by atoms with Crippen LogP contribution in [0.25, 0.3) is 0 Å². The van der Waals surface area contributed by atoms with E-state index >= 15 is 0 Å². The molecule has 0 saturated carbocycles. The van der Waals surface area contributed by atoms with Gasteiger partial charge in [-0.1, -0.05) is 12.1 Å². The average molecular weight is 316 g/mol. The summed E-state index contributed by atoms with van der Waals surface area (Å²) < 4.78 is 18.3. The number of ether oxygens (including phenoxy) is 1. The summed E-state index contributed by atoms with van der Waals surface area (Å²) in [5.74, 6) is -0.767. The number of rotatable bonds is 5. The molecule has 0 aromatic heterocycles. The third kappa shape index (κ3) is 4.54. The summed E-state index contributed by atoms with van der Waals surface area (Å²) >= 11 is 0. The Hall–Kier alpha value is -2.89. The molecule has 23 heavy (non-hydrogen) atoms. The Morgan fingerprint density at radius 3 is 2.43 bits per heavy atom. The Bertz CT molecular complexity index is 714. The van der Waals surface area contributed by atoms with E-state index in [-0.39, 0.29) is 18.0 Å². The monoisotopic (exact) mass is 316 g/mol. The molecule has 0 aliphatic rings. The van der Waals surface area contributed by atoms with Crippen LogP contribution in [-0.2, 0) is 11.3 Å². The van der Waals surface area contributed by atoms with Crippen molar-refractivity contribution in [1.82, 2.24) is 5.32 Å². The van der Waals surface area contributed by atoms with Gasteiger partial charge < -0.3 is 15.4 Å². The molecule has 0 unspecified atom stereocenters. The summed E-state index contributed by atoms with van der Waals surface area (Å²) in [6.45, 7) is 1.71. The zero-order chi connectivity index (χ0) is 16.8. The second-order valence-corrected chi connectivity index (χ2v) is 4.91. The van der Waals surface area contributed by atoms with Crippen molar-refractivity contribution in [3.8, 4) is 5.75 Å². The van der Waals surface area contributed by atoms with E-state index in [0.29, 0.717) is 11.4 Å². The quantitative estimate of drug-likeness (QED) is 0.891. The van der Waals surface area contributed by atoms with E-state index in [0.717, 1.165) is 11.6 Å². The molecular weight excluding hydrogens is 299 g/mol. The first kappa shape index (κ1) is 16.5. The van der Waals surface area contributed by atoms with Gasteiger partial charge in [0.2, 0.25) is 5.91 Å². The van der Waals surface area contributed by atoms with Crippen LogP contribution in [0, 0.1) is 5.82 Å². The number of carbonyl (C=O) groups is 2. The van der Waals surface area contributed by atoms with Gasteiger partial charge in [-0.15, -0.1) is 0 Å². The molecule has 2 aromatic rings. The first-order valence-corrected chi connectivity index (χ1v) is 6.98. The lowest BCUT2D eigenvalue weighted by Crippen LogP contribution is -2.23. The third-order valence-electron chi connectivity index (χ3n) is 3.13. The number of carbonyl (C=O) groups excluding carboxylic acids is 2. The fourth-order valence-electron chi connectivity index (χ4n) is 2.04. The van der Waals surface area contributed by atoms with Crippen molar-refractivity contribution in [2.75, 3.05) is 12.4 Å². The van der Waals surface area contributed by atoms with E-state index < -0.39 is 11.7 Å². The number of nitrogens with one attached hydrogen (secondary N) is 2. The highest BCUT2D eigenvalue weighted by Crippen LogP contribution is 2.19. The van der Waals surface area contributed by atoms with Gasteiger partial charge in [0.25, 0.3) is 5.91 Å². The molecule has 120 valence electrons. The molecule has 0 heterocycles. The van der Waals surface area contributed by atoms with Crippen LogP contribution in [0.1, 0.15) is 22.8 Å². The molecule has 0 aliphatic carbocycles. The van der Waals surface area contributed by atoms with E-state index in [4.69, 9.17) is 4.74 Å². The predicted molar refractivity (Wildman–Crippen MR) is 84.9 cm³/mol. The van der Waals surface area contributed by atoms with Gasteiger partial charge in [-0.05, 0) is 35.9 Å². The van der Waals surface area contributed by atoms with Crippen LogP contribution < -0.4 is 15.4 Å². The average Bonchev–Trinajstić information content (AvgIpc) is 2.53. The van der Waals surface area contributed by atoms with Crippen LogP contribution >= 0.6 is 0 Å². The second kappa shape index (κ2) is 7.40. The lowest BCUT2D eigenvalue weighted by atomic mass is 10.1. The minimum Gasteiger partial charge on any atom is -0.496 e. The molecule has 6 heteroatoms. The topological polar surface area (TPSA) is 67.4 Å². The third-order valence-corrected chi connectivity index (χ3v) is 3.13. The summed E-state index contributed by atoms with van der Waals surface area (Å²) in [7, 11) is 1.42. The zero-order valence-electron chi connectivity index (χ0n) is 12.9. The van der Waals surface area contributed by atoms with Crippen molar-refractivity contribution < 1.29 is 18.7 Å². The second-order valence-electron chi connectivity index (χ2n) is 4.91. The van der Waals surface area contributed by atoms with Gasteiger partial charge in [0.1, 0.15) is 11.6 Å². The Kier molecular flexibility index (Phi) is 5.30. The summed E-state index contributed by atoms with van der Waals surface area (Å²) in [4.78, 5) is 23.1. The minimum atomic E-state index is -0.504. The van der Waals surface area contributed by atoms with E-state index in [1.807, 2.05) is 0 Å². The standard InChI is InChI=1S/C17H17FN2O3/c1-11(21)20-14-6-3-12(4-7-14)10-19-17(22)15-9-13(18)5-8-16(15)23-2/h3-9H,10H2,1-2H3,(H,19,22)(H,20,21). The van der Waals surface area contributed by atoms with Crippen molar-refractivity contribution in [2.24, 2.45) is 0 Å². The number of halogens is 1. The molecule has 2 N–H and O–H groups in total. The van der Waals surface area contributed by atoms with Crippen LogP contribution in [-0.4, -0.2) is 18.9 Å². The lowest BCUT2D eigenvalue weighted by molar-refractivity contribution is -0.114. The Labute approximate surface area is 133 Å². The minimum absolute atomic E-state index is 0.141.